The lowest BCUT2D eigenvalue weighted by atomic mass is 10.1. The molecule has 160 valence electrons. The number of amides is 1. The number of rotatable bonds is 8. The fourth-order valence-electron chi connectivity index (χ4n) is 3.86. The lowest BCUT2D eigenvalue weighted by Gasteiger charge is -2.34. The van der Waals surface area contributed by atoms with Gasteiger partial charge in [0.2, 0.25) is 0 Å². The van der Waals surface area contributed by atoms with Crippen molar-refractivity contribution in [2.75, 3.05) is 39.3 Å². The summed E-state index contributed by atoms with van der Waals surface area (Å²) in [6, 6.07) is 19.1. The van der Waals surface area contributed by atoms with Gasteiger partial charge in [0.1, 0.15) is 0 Å². The van der Waals surface area contributed by atoms with E-state index in [9.17, 15) is 4.79 Å². The number of carbonyl (C=O) groups is 1. The van der Waals surface area contributed by atoms with Gasteiger partial charge in [-0.2, -0.15) is 0 Å². The van der Waals surface area contributed by atoms with Crippen LogP contribution in [-0.2, 0) is 6.54 Å². The predicted octanol–water partition coefficient (Wildman–Crippen LogP) is 4.39. The number of piperazine rings is 1. The van der Waals surface area contributed by atoms with Gasteiger partial charge in [-0.05, 0) is 43.7 Å². The smallest absolute Gasteiger partial charge is 0.253 e. The molecule has 2 aromatic carbocycles. The van der Waals surface area contributed by atoms with Crippen molar-refractivity contribution in [3.05, 3.63) is 77.4 Å². The third-order valence-electron chi connectivity index (χ3n) is 5.86. The van der Waals surface area contributed by atoms with Gasteiger partial charge in [0.05, 0.1) is 0 Å². The summed E-state index contributed by atoms with van der Waals surface area (Å²) in [7, 11) is 0. The lowest BCUT2D eigenvalue weighted by molar-refractivity contribution is 0.0650. The summed E-state index contributed by atoms with van der Waals surface area (Å²) in [5.41, 5.74) is 3.28. The number of hydrogen-bond acceptors (Lipinski definition) is 3. The molecule has 0 saturated carbocycles. The van der Waals surface area contributed by atoms with Crippen LogP contribution in [0.1, 0.15) is 42.3 Å². The van der Waals surface area contributed by atoms with Crippen LogP contribution in [0.4, 0.5) is 0 Å². The second-order valence-electron chi connectivity index (χ2n) is 8.26. The van der Waals surface area contributed by atoms with Crippen molar-refractivity contribution in [1.29, 1.82) is 0 Å². The van der Waals surface area contributed by atoms with Crippen LogP contribution in [0, 0.1) is 0 Å². The number of hydrogen-bond donors (Lipinski definition) is 0. The summed E-state index contributed by atoms with van der Waals surface area (Å²) in [6.45, 7) is 12.9. The van der Waals surface area contributed by atoms with E-state index in [-0.39, 0.29) is 5.91 Å². The fraction of sp³-hybridized carbons (Fsp3) is 0.423. The Morgan fingerprint density at radius 2 is 1.67 bits per heavy atom. The zero-order chi connectivity index (χ0) is 21.3. The van der Waals surface area contributed by atoms with E-state index in [0.29, 0.717) is 6.04 Å². The average Bonchev–Trinajstić information content (AvgIpc) is 2.78. The number of benzene rings is 2. The summed E-state index contributed by atoms with van der Waals surface area (Å²) in [6.07, 6.45) is 4.38. The van der Waals surface area contributed by atoms with Crippen LogP contribution in [0.2, 0.25) is 0 Å². The van der Waals surface area contributed by atoms with Crippen molar-refractivity contribution in [2.45, 2.75) is 33.4 Å². The molecule has 4 heteroatoms. The van der Waals surface area contributed by atoms with E-state index in [1.54, 1.807) is 0 Å². The maximum absolute atomic E-state index is 12.9. The van der Waals surface area contributed by atoms with Crippen molar-refractivity contribution in [3.8, 4) is 0 Å². The van der Waals surface area contributed by atoms with E-state index in [2.05, 4.69) is 79.1 Å². The van der Waals surface area contributed by atoms with E-state index in [1.807, 2.05) is 23.1 Å². The van der Waals surface area contributed by atoms with E-state index in [1.165, 1.54) is 11.1 Å². The van der Waals surface area contributed by atoms with Gasteiger partial charge in [-0.15, -0.1) is 0 Å². The Morgan fingerprint density at radius 1 is 1.00 bits per heavy atom. The molecule has 0 atom stereocenters. The van der Waals surface area contributed by atoms with Crippen LogP contribution >= 0.6 is 0 Å². The molecule has 1 amide bonds. The number of nitrogens with zero attached hydrogens (tertiary/aromatic N) is 3. The molecule has 4 nitrogen and oxygen atoms in total. The first kappa shape index (κ1) is 22.3. The Hall–Kier alpha value is -2.43. The summed E-state index contributed by atoms with van der Waals surface area (Å²) >= 11 is 0. The predicted molar refractivity (Wildman–Crippen MR) is 125 cm³/mol. The molecule has 1 heterocycles. The molecular formula is C26H35N3O. The molecule has 0 unspecified atom stereocenters. The molecule has 1 aliphatic rings. The highest BCUT2D eigenvalue weighted by Crippen LogP contribution is 2.13. The first-order valence-corrected chi connectivity index (χ1v) is 11.1. The van der Waals surface area contributed by atoms with E-state index in [0.717, 1.165) is 51.4 Å². The second-order valence-corrected chi connectivity index (χ2v) is 8.26. The van der Waals surface area contributed by atoms with Gasteiger partial charge in [0.15, 0.2) is 0 Å². The van der Waals surface area contributed by atoms with Gasteiger partial charge in [0, 0.05) is 50.9 Å². The fourth-order valence-corrected chi connectivity index (χ4v) is 3.86. The van der Waals surface area contributed by atoms with Crippen molar-refractivity contribution in [2.24, 2.45) is 0 Å². The molecule has 1 fully saturated rings. The van der Waals surface area contributed by atoms with Gasteiger partial charge in [-0.1, -0.05) is 61.5 Å². The van der Waals surface area contributed by atoms with Crippen LogP contribution in [0.25, 0.3) is 6.08 Å². The summed E-state index contributed by atoms with van der Waals surface area (Å²) in [5, 5.41) is 0. The lowest BCUT2D eigenvalue weighted by Crippen LogP contribution is -2.48. The van der Waals surface area contributed by atoms with E-state index in [4.69, 9.17) is 0 Å². The van der Waals surface area contributed by atoms with Gasteiger partial charge in [0.25, 0.3) is 5.91 Å². The van der Waals surface area contributed by atoms with Crippen LogP contribution in [0.5, 0.6) is 0 Å². The Morgan fingerprint density at radius 3 is 2.27 bits per heavy atom. The molecule has 1 aliphatic heterocycles. The van der Waals surface area contributed by atoms with Gasteiger partial charge < -0.3 is 4.90 Å². The minimum Gasteiger partial charge on any atom is -0.336 e. The monoisotopic (exact) mass is 405 g/mol. The van der Waals surface area contributed by atoms with Gasteiger partial charge in [-0.25, -0.2) is 0 Å². The first-order chi connectivity index (χ1) is 14.6. The molecule has 1 saturated heterocycles. The van der Waals surface area contributed by atoms with Crippen LogP contribution in [-0.4, -0.2) is 65.9 Å². The molecule has 3 rings (SSSR count). The highest BCUT2D eigenvalue weighted by Gasteiger charge is 2.21. The van der Waals surface area contributed by atoms with Crippen LogP contribution in [0.15, 0.2) is 60.7 Å². The van der Waals surface area contributed by atoms with Crippen molar-refractivity contribution >= 4 is 12.0 Å². The van der Waals surface area contributed by atoms with Crippen LogP contribution in [0.3, 0.4) is 0 Å². The van der Waals surface area contributed by atoms with Crippen molar-refractivity contribution in [1.82, 2.24) is 14.7 Å². The molecule has 0 bridgehead atoms. The largest absolute Gasteiger partial charge is 0.336 e. The normalized spacial score (nSPS) is 15.4. The highest BCUT2D eigenvalue weighted by atomic mass is 16.2. The molecular weight excluding hydrogens is 370 g/mol. The Labute approximate surface area is 181 Å². The summed E-state index contributed by atoms with van der Waals surface area (Å²) < 4.78 is 0. The molecule has 30 heavy (non-hydrogen) atoms. The first-order valence-electron chi connectivity index (χ1n) is 11.1. The molecule has 0 aromatic heterocycles. The SMILES string of the molecule is CCN(Cc1ccc(C(=O)N2CCN(C/C=C/c3ccccc3)CC2)cc1)C(C)C. The summed E-state index contributed by atoms with van der Waals surface area (Å²) in [4.78, 5) is 19.7. The van der Waals surface area contributed by atoms with Crippen LogP contribution < -0.4 is 0 Å². The zero-order valence-corrected chi connectivity index (χ0v) is 18.6. The Kier molecular flexibility index (Phi) is 8.23. The topological polar surface area (TPSA) is 26.8 Å². The Bertz CT molecular complexity index is 806. The Balaban J connectivity index is 1.47. The molecule has 0 aliphatic carbocycles. The standard InChI is InChI=1S/C26H35N3O/c1-4-28(22(2)3)21-24-12-14-25(15-13-24)26(30)29-19-17-27(18-20-29)16-8-11-23-9-6-5-7-10-23/h5-15,22H,4,16-21H2,1-3H3/b11-8+. The van der Waals surface area contributed by atoms with E-state index < -0.39 is 0 Å². The third-order valence-corrected chi connectivity index (χ3v) is 5.86. The van der Waals surface area contributed by atoms with Gasteiger partial charge >= 0.3 is 0 Å². The average molecular weight is 406 g/mol. The number of carbonyl (C=O) groups excluding carboxylic acids is 1. The highest BCUT2D eigenvalue weighted by molar-refractivity contribution is 5.94. The quantitative estimate of drug-likeness (QED) is 0.652. The van der Waals surface area contributed by atoms with Gasteiger partial charge in [-0.3, -0.25) is 14.6 Å². The molecule has 2 aromatic rings. The second kappa shape index (κ2) is 11.1. The maximum Gasteiger partial charge on any atom is 0.253 e. The molecule has 0 radical (unpaired) electrons. The zero-order valence-electron chi connectivity index (χ0n) is 18.6. The summed E-state index contributed by atoms with van der Waals surface area (Å²) in [5.74, 6) is 0.150. The van der Waals surface area contributed by atoms with E-state index >= 15 is 0 Å². The van der Waals surface area contributed by atoms with Crippen molar-refractivity contribution in [3.63, 3.8) is 0 Å². The third kappa shape index (κ3) is 6.28. The minimum absolute atomic E-state index is 0.150. The minimum atomic E-state index is 0.150. The molecule has 0 N–H and O–H groups in total. The van der Waals surface area contributed by atoms with Crippen molar-refractivity contribution < 1.29 is 4.79 Å². The maximum atomic E-state index is 12.9. The molecule has 0 spiro atoms.